The van der Waals surface area contributed by atoms with Crippen LogP contribution >= 0.6 is 7.60 Å². The zero-order chi connectivity index (χ0) is 14.5. The van der Waals surface area contributed by atoms with E-state index in [1.54, 1.807) is 20.8 Å². The van der Waals surface area contributed by atoms with Crippen LogP contribution in [0.5, 0.6) is 0 Å². The van der Waals surface area contributed by atoms with Gasteiger partial charge in [-0.1, -0.05) is 0 Å². The highest BCUT2D eigenvalue weighted by Gasteiger charge is 2.46. The molecule has 0 unspecified atom stereocenters. The maximum absolute atomic E-state index is 12.4. The predicted octanol–water partition coefficient (Wildman–Crippen LogP) is 1.43. The summed E-state index contributed by atoms with van der Waals surface area (Å²) >= 11 is 0. The van der Waals surface area contributed by atoms with E-state index in [2.05, 4.69) is 0 Å². The molecule has 0 fully saturated rings. The van der Waals surface area contributed by atoms with Gasteiger partial charge in [-0.3, -0.25) is 9.77 Å². The minimum absolute atomic E-state index is 0.0212. The second-order valence-electron chi connectivity index (χ2n) is 3.56. The van der Waals surface area contributed by atoms with Gasteiger partial charge in [0, 0.05) is 4.90 Å². The molecule has 0 radical (unpaired) electrons. The summed E-state index contributed by atoms with van der Waals surface area (Å²) in [5.74, 6) is -1.91. The van der Waals surface area contributed by atoms with Crippen LogP contribution in [0.15, 0.2) is 0 Å². The van der Waals surface area contributed by atoms with Crippen molar-refractivity contribution in [2.45, 2.75) is 33.0 Å². The van der Waals surface area contributed by atoms with E-state index in [4.69, 9.17) is 18.6 Å². The molecule has 1 aliphatic heterocycles. The van der Waals surface area contributed by atoms with Gasteiger partial charge in [0.05, 0.1) is 26.2 Å². The number of nitrogens with zero attached hydrogens (tertiary/aromatic N) is 1. The Morgan fingerprint density at radius 3 is 2.42 bits per heavy atom. The van der Waals surface area contributed by atoms with Gasteiger partial charge in [-0.25, -0.2) is 4.79 Å². The Morgan fingerprint density at radius 2 is 1.95 bits per heavy atom. The average molecular weight is 295 g/mol. The van der Waals surface area contributed by atoms with E-state index in [9.17, 15) is 14.6 Å². The van der Waals surface area contributed by atoms with Crippen LogP contribution in [0.3, 0.4) is 0 Å². The Kier molecular flexibility index (Phi) is 5.78. The summed E-state index contributed by atoms with van der Waals surface area (Å²) in [5, 5.41) is 11.5. The number of esters is 1. The molecular formula is C10H18NO7P. The van der Waals surface area contributed by atoms with Crippen LogP contribution in [-0.4, -0.2) is 42.2 Å². The fourth-order valence-electron chi connectivity index (χ4n) is 1.56. The van der Waals surface area contributed by atoms with Crippen LogP contribution < -0.4 is 0 Å². The fourth-order valence-corrected chi connectivity index (χ4v) is 3.28. The van der Waals surface area contributed by atoms with Crippen LogP contribution in [0.2, 0.25) is 0 Å². The molecule has 1 atom stereocenters. The quantitative estimate of drug-likeness (QED) is 0.398. The molecule has 0 spiro atoms. The largest absolute Gasteiger partial charge is 0.458 e. The number of rotatable bonds is 7. The first-order valence-corrected chi connectivity index (χ1v) is 7.65. The monoisotopic (exact) mass is 295 g/mol. The van der Waals surface area contributed by atoms with Crippen LogP contribution in [0.1, 0.15) is 27.2 Å². The third-order valence-electron chi connectivity index (χ3n) is 2.29. The molecule has 0 saturated heterocycles. The molecule has 1 heterocycles. The predicted molar refractivity (Wildman–Crippen MR) is 65.6 cm³/mol. The van der Waals surface area contributed by atoms with Crippen molar-refractivity contribution < 1.29 is 32.9 Å². The zero-order valence-electron chi connectivity index (χ0n) is 11.2. The first-order valence-electron chi connectivity index (χ1n) is 6.04. The molecule has 0 N–H and O–H groups in total. The number of hydrogen-bond donors (Lipinski definition) is 0. The van der Waals surface area contributed by atoms with Gasteiger partial charge >= 0.3 is 19.3 Å². The normalized spacial score (nSPS) is 19.4. The van der Waals surface area contributed by atoms with Gasteiger partial charge < -0.3 is 18.6 Å². The molecule has 0 amide bonds. The van der Waals surface area contributed by atoms with E-state index in [0.29, 0.717) is 0 Å². The molecule has 8 nitrogen and oxygen atoms in total. The highest BCUT2D eigenvalue weighted by molar-refractivity contribution is 7.54. The Hall–Kier alpha value is -1.11. The van der Waals surface area contributed by atoms with Gasteiger partial charge in [0.25, 0.3) is 0 Å². The van der Waals surface area contributed by atoms with Gasteiger partial charge in [-0.2, -0.15) is 0 Å². The lowest BCUT2D eigenvalue weighted by Crippen LogP contribution is -2.21. The topological polar surface area (TPSA) is 97.1 Å². The van der Waals surface area contributed by atoms with E-state index in [0.717, 1.165) is 0 Å². The number of carbonyl (C=O) groups excluding carboxylic acids is 1. The van der Waals surface area contributed by atoms with Crippen LogP contribution in [0.25, 0.3) is 0 Å². The second-order valence-corrected chi connectivity index (χ2v) is 5.74. The summed E-state index contributed by atoms with van der Waals surface area (Å²) < 4.78 is 27.2. The van der Waals surface area contributed by atoms with Crippen molar-refractivity contribution in [2.75, 3.05) is 19.8 Å². The maximum atomic E-state index is 12.4. The molecule has 0 aromatic heterocycles. The summed E-state index contributed by atoms with van der Waals surface area (Å²) in [6.45, 7) is 5.33. The highest BCUT2D eigenvalue weighted by atomic mass is 31.2. The zero-order valence-corrected chi connectivity index (χ0v) is 12.1. The highest BCUT2D eigenvalue weighted by Crippen LogP contribution is 2.55. The third kappa shape index (κ3) is 3.68. The van der Waals surface area contributed by atoms with E-state index < -0.39 is 19.4 Å². The first-order chi connectivity index (χ1) is 8.98. The van der Waals surface area contributed by atoms with Crippen molar-refractivity contribution in [2.24, 2.45) is 0 Å². The Bertz CT molecular complexity index is 399. The van der Waals surface area contributed by atoms with Crippen LogP contribution in [0.4, 0.5) is 0 Å². The molecule has 9 heteroatoms. The summed E-state index contributed by atoms with van der Waals surface area (Å²) in [7, 11) is -3.59. The summed E-state index contributed by atoms with van der Waals surface area (Å²) in [6, 6.07) is 0. The van der Waals surface area contributed by atoms with Crippen molar-refractivity contribution in [3.63, 3.8) is 0 Å². The molecule has 0 saturated carbocycles. The van der Waals surface area contributed by atoms with Gasteiger partial charge in [-0.15, -0.1) is 0 Å². The van der Waals surface area contributed by atoms with E-state index >= 15 is 0 Å². The van der Waals surface area contributed by atoms with Crippen molar-refractivity contribution in [3.8, 4) is 0 Å². The number of carbonyl (C=O) groups is 1. The van der Waals surface area contributed by atoms with E-state index in [1.165, 1.54) is 0 Å². The van der Waals surface area contributed by atoms with Crippen LogP contribution in [0, 0.1) is 5.21 Å². The summed E-state index contributed by atoms with van der Waals surface area (Å²) in [4.78, 5) is 16.4. The lowest BCUT2D eigenvalue weighted by atomic mass is 10.3. The fraction of sp³-hybridized carbons (Fsp3) is 0.800. The van der Waals surface area contributed by atoms with Crippen molar-refractivity contribution in [3.05, 3.63) is 5.21 Å². The van der Waals surface area contributed by atoms with Gasteiger partial charge in [0.1, 0.15) is 0 Å². The second kappa shape index (κ2) is 6.88. The first kappa shape index (κ1) is 15.9. The minimum Gasteiger partial charge on any atom is -0.458 e. The number of ether oxygens (including phenoxy) is 1. The Morgan fingerprint density at radius 1 is 1.37 bits per heavy atom. The Balaban J connectivity index is 2.80. The SMILES string of the molecule is CCOC(=O)C1=[N+]([O-])O[C@@H](P(=O)(OCC)OCC)C1. The van der Waals surface area contributed by atoms with E-state index in [1.807, 2.05) is 0 Å². The smallest absolute Gasteiger partial charge is 0.405 e. The molecular weight excluding hydrogens is 277 g/mol. The molecule has 0 aliphatic carbocycles. The van der Waals surface area contributed by atoms with Gasteiger partial charge in [0.2, 0.25) is 0 Å². The molecule has 19 heavy (non-hydrogen) atoms. The number of hydrogen-bond acceptors (Lipinski definition) is 7. The van der Waals surface area contributed by atoms with E-state index in [-0.39, 0.29) is 36.9 Å². The van der Waals surface area contributed by atoms with Gasteiger partial charge in [-0.05, 0) is 20.8 Å². The van der Waals surface area contributed by atoms with Crippen molar-refractivity contribution in [1.82, 2.24) is 0 Å². The minimum atomic E-state index is -3.59. The molecule has 0 bridgehead atoms. The molecule has 1 rings (SSSR count). The lowest BCUT2D eigenvalue weighted by molar-refractivity contribution is -0.735. The summed E-state index contributed by atoms with van der Waals surface area (Å²) in [6.07, 6.45) is -0.167. The van der Waals surface area contributed by atoms with Gasteiger partial charge in [0.15, 0.2) is 5.85 Å². The third-order valence-corrected chi connectivity index (χ3v) is 4.51. The molecule has 0 aromatic rings. The standard InChI is InChI=1S/C10H18NO7P/c1-4-15-10(12)8-7-9(18-11(8)13)19(14,16-5-2)17-6-3/h9H,4-7H2,1-3H3/t9-/m0/s1. The van der Waals surface area contributed by atoms with Crippen molar-refractivity contribution in [1.29, 1.82) is 0 Å². The molecule has 0 aromatic carbocycles. The summed E-state index contributed by atoms with van der Waals surface area (Å²) in [5.41, 5.74) is -0.244. The lowest BCUT2D eigenvalue weighted by Gasteiger charge is -2.22. The molecule has 1 aliphatic rings. The Labute approximate surface area is 111 Å². The van der Waals surface area contributed by atoms with Crippen molar-refractivity contribution >= 4 is 19.3 Å². The molecule has 110 valence electrons. The van der Waals surface area contributed by atoms with Crippen LogP contribution in [-0.2, 0) is 28.0 Å². The average Bonchev–Trinajstić information content (AvgIpc) is 2.73. The maximum Gasteiger partial charge on any atom is 0.405 e.